The van der Waals surface area contributed by atoms with Crippen LogP contribution in [0.1, 0.15) is 31.9 Å². The molecule has 2 aliphatic rings. The molecule has 2 N–H and O–H groups in total. The minimum Gasteiger partial charge on any atom is -0.368 e. The van der Waals surface area contributed by atoms with Gasteiger partial charge in [0, 0.05) is 32.0 Å². The fourth-order valence-electron chi connectivity index (χ4n) is 3.41. The molecule has 2 saturated heterocycles. The topological polar surface area (TPSA) is 91.6 Å². The lowest BCUT2D eigenvalue weighted by molar-refractivity contribution is -0.122. The number of fused-ring (bicyclic) bond motifs is 1. The molecule has 1 unspecified atom stereocenters. The number of carbonyl (C=O) groups excluding carboxylic acids is 2. The summed E-state index contributed by atoms with van der Waals surface area (Å²) in [7, 11) is 0. The molecule has 126 valence electrons. The Labute approximate surface area is 139 Å². The van der Waals surface area contributed by atoms with E-state index < -0.39 is 11.9 Å². The van der Waals surface area contributed by atoms with Crippen LogP contribution in [0.25, 0.3) is 5.65 Å². The highest BCUT2D eigenvalue weighted by atomic mass is 16.2. The van der Waals surface area contributed by atoms with Gasteiger partial charge in [-0.1, -0.05) is 13.8 Å². The molecule has 0 saturated carbocycles. The molecule has 1 atom stereocenters. The zero-order valence-corrected chi connectivity index (χ0v) is 13.7. The molecular weight excluding hydrogens is 308 g/mol. The largest absolute Gasteiger partial charge is 0.368 e. The lowest BCUT2D eigenvalue weighted by Gasteiger charge is -2.25. The third-order valence-corrected chi connectivity index (χ3v) is 4.75. The molecular formula is C16H20N6O2. The van der Waals surface area contributed by atoms with Crippen molar-refractivity contribution in [1.82, 2.24) is 25.2 Å². The normalized spacial score (nSPS) is 23.4. The number of amides is 3. The SMILES string of the molecule is CC1(C)CCN(c2cc(C3CNC(=O)NC3=O)nn3ccnc23)C1. The molecule has 0 aromatic carbocycles. The van der Waals surface area contributed by atoms with E-state index in [0.29, 0.717) is 5.69 Å². The lowest BCUT2D eigenvalue weighted by atomic mass is 9.93. The lowest BCUT2D eigenvalue weighted by Crippen LogP contribution is -2.51. The molecule has 2 fully saturated rings. The number of carbonyl (C=O) groups is 2. The maximum Gasteiger partial charge on any atom is 0.321 e. The number of urea groups is 1. The summed E-state index contributed by atoms with van der Waals surface area (Å²) in [6.07, 6.45) is 4.60. The van der Waals surface area contributed by atoms with Crippen molar-refractivity contribution in [3.63, 3.8) is 0 Å². The third kappa shape index (κ3) is 2.47. The van der Waals surface area contributed by atoms with Crippen LogP contribution in [0.4, 0.5) is 10.5 Å². The highest BCUT2D eigenvalue weighted by Gasteiger charge is 2.33. The first-order valence-electron chi connectivity index (χ1n) is 8.11. The van der Waals surface area contributed by atoms with E-state index in [2.05, 4.69) is 39.5 Å². The summed E-state index contributed by atoms with van der Waals surface area (Å²) >= 11 is 0. The van der Waals surface area contributed by atoms with Crippen LogP contribution in [0, 0.1) is 5.41 Å². The average Bonchev–Trinajstić information content (AvgIpc) is 3.12. The van der Waals surface area contributed by atoms with Crippen LogP contribution in [0.5, 0.6) is 0 Å². The van der Waals surface area contributed by atoms with E-state index in [9.17, 15) is 9.59 Å². The monoisotopic (exact) mass is 328 g/mol. The Morgan fingerprint density at radius 3 is 2.88 bits per heavy atom. The summed E-state index contributed by atoms with van der Waals surface area (Å²) in [6, 6.07) is 1.48. The standard InChI is InChI=1S/C16H20N6O2/c1-16(2)3-5-21(9-16)12-7-11(20-22-6-4-17-13(12)22)10-8-18-15(24)19-14(10)23/h4,6-7,10H,3,5,8-9H2,1-2H3,(H2,18,19,23,24). The maximum absolute atomic E-state index is 12.2. The van der Waals surface area contributed by atoms with Crippen molar-refractivity contribution < 1.29 is 9.59 Å². The molecule has 4 rings (SSSR count). The molecule has 0 spiro atoms. The molecule has 0 radical (unpaired) electrons. The first-order chi connectivity index (χ1) is 11.4. The second kappa shape index (κ2) is 5.19. The van der Waals surface area contributed by atoms with Crippen molar-refractivity contribution in [3.8, 4) is 0 Å². The Morgan fingerprint density at radius 2 is 2.17 bits per heavy atom. The molecule has 0 aliphatic carbocycles. The van der Waals surface area contributed by atoms with E-state index in [1.807, 2.05) is 6.07 Å². The van der Waals surface area contributed by atoms with Crippen LogP contribution < -0.4 is 15.5 Å². The second-order valence-electron chi connectivity index (χ2n) is 7.24. The predicted octanol–water partition coefficient (Wildman–Crippen LogP) is 0.889. The fraction of sp³-hybridized carbons (Fsp3) is 0.500. The van der Waals surface area contributed by atoms with Gasteiger partial charge in [-0.15, -0.1) is 0 Å². The van der Waals surface area contributed by atoms with Gasteiger partial charge < -0.3 is 10.2 Å². The molecule has 2 aromatic heterocycles. The van der Waals surface area contributed by atoms with Crippen molar-refractivity contribution in [2.24, 2.45) is 5.41 Å². The number of hydrogen-bond acceptors (Lipinski definition) is 5. The minimum atomic E-state index is -0.496. The number of hydrogen-bond donors (Lipinski definition) is 2. The van der Waals surface area contributed by atoms with Gasteiger partial charge in [-0.2, -0.15) is 5.10 Å². The van der Waals surface area contributed by atoms with Crippen molar-refractivity contribution >= 4 is 23.3 Å². The van der Waals surface area contributed by atoms with Gasteiger partial charge in [0.1, 0.15) is 0 Å². The van der Waals surface area contributed by atoms with Gasteiger partial charge in [-0.3, -0.25) is 10.1 Å². The van der Waals surface area contributed by atoms with Crippen LogP contribution in [-0.2, 0) is 4.79 Å². The highest BCUT2D eigenvalue weighted by molar-refractivity contribution is 6.00. The van der Waals surface area contributed by atoms with Crippen molar-refractivity contribution in [1.29, 1.82) is 0 Å². The van der Waals surface area contributed by atoms with Crippen LogP contribution in [-0.4, -0.2) is 46.2 Å². The minimum absolute atomic E-state index is 0.253. The average molecular weight is 328 g/mol. The zero-order valence-electron chi connectivity index (χ0n) is 13.7. The van der Waals surface area contributed by atoms with E-state index >= 15 is 0 Å². The molecule has 4 heterocycles. The van der Waals surface area contributed by atoms with Crippen LogP contribution >= 0.6 is 0 Å². The summed E-state index contributed by atoms with van der Waals surface area (Å²) in [6.45, 7) is 6.64. The quantitative estimate of drug-likeness (QED) is 0.854. The van der Waals surface area contributed by atoms with E-state index in [-0.39, 0.29) is 17.9 Å². The first-order valence-corrected chi connectivity index (χ1v) is 8.11. The third-order valence-electron chi connectivity index (χ3n) is 4.75. The Kier molecular flexibility index (Phi) is 3.22. The van der Waals surface area contributed by atoms with Crippen LogP contribution in [0.15, 0.2) is 18.5 Å². The van der Waals surface area contributed by atoms with Gasteiger partial charge >= 0.3 is 6.03 Å². The van der Waals surface area contributed by atoms with Crippen molar-refractivity contribution in [2.45, 2.75) is 26.2 Å². The molecule has 8 nitrogen and oxygen atoms in total. The van der Waals surface area contributed by atoms with E-state index in [1.165, 1.54) is 0 Å². The van der Waals surface area contributed by atoms with Crippen LogP contribution in [0.2, 0.25) is 0 Å². The molecule has 0 bridgehead atoms. The highest BCUT2D eigenvalue weighted by Crippen LogP contribution is 2.35. The van der Waals surface area contributed by atoms with Gasteiger partial charge in [0.15, 0.2) is 5.65 Å². The van der Waals surface area contributed by atoms with Crippen molar-refractivity contribution in [3.05, 3.63) is 24.2 Å². The predicted molar refractivity (Wildman–Crippen MR) is 87.9 cm³/mol. The smallest absolute Gasteiger partial charge is 0.321 e. The van der Waals surface area contributed by atoms with Crippen molar-refractivity contribution in [2.75, 3.05) is 24.5 Å². The number of aromatic nitrogens is 3. The van der Waals surface area contributed by atoms with E-state index in [1.54, 1.807) is 16.9 Å². The Balaban J connectivity index is 1.75. The van der Waals surface area contributed by atoms with Gasteiger partial charge in [-0.25, -0.2) is 14.3 Å². The molecule has 2 aromatic rings. The van der Waals surface area contributed by atoms with Gasteiger partial charge in [-0.05, 0) is 17.9 Å². The summed E-state index contributed by atoms with van der Waals surface area (Å²) in [5.41, 5.74) is 2.66. The maximum atomic E-state index is 12.2. The fourth-order valence-corrected chi connectivity index (χ4v) is 3.41. The Bertz CT molecular complexity index is 827. The van der Waals surface area contributed by atoms with E-state index in [4.69, 9.17) is 0 Å². The second-order valence-corrected chi connectivity index (χ2v) is 7.24. The number of nitrogens with one attached hydrogen (secondary N) is 2. The zero-order chi connectivity index (χ0) is 16.9. The first kappa shape index (κ1) is 14.9. The Hall–Kier alpha value is -2.64. The summed E-state index contributed by atoms with van der Waals surface area (Å²) in [5, 5.41) is 9.48. The van der Waals surface area contributed by atoms with Gasteiger partial charge in [0.2, 0.25) is 5.91 Å². The van der Waals surface area contributed by atoms with E-state index in [0.717, 1.165) is 30.8 Å². The number of rotatable bonds is 2. The number of anilines is 1. The summed E-state index contributed by atoms with van der Waals surface area (Å²) < 4.78 is 1.71. The number of imidazole rings is 1. The number of nitrogens with zero attached hydrogens (tertiary/aromatic N) is 4. The number of imide groups is 1. The molecule has 8 heteroatoms. The van der Waals surface area contributed by atoms with Crippen LogP contribution in [0.3, 0.4) is 0 Å². The molecule has 2 aliphatic heterocycles. The van der Waals surface area contributed by atoms with Gasteiger partial charge in [0.25, 0.3) is 0 Å². The van der Waals surface area contributed by atoms with Gasteiger partial charge in [0.05, 0.1) is 17.3 Å². The molecule has 3 amide bonds. The molecule has 24 heavy (non-hydrogen) atoms. The summed E-state index contributed by atoms with van der Waals surface area (Å²) in [4.78, 5) is 30.2. The summed E-state index contributed by atoms with van der Waals surface area (Å²) in [5.74, 6) is -0.817. The Morgan fingerprint density at radius 1 is 1.33 bits per heavy atom.